The lowest BCUT2D eigenvalue weighted by Crippen LogP contribution is -2.59. The third-order valence-electron chi connectivity index (χ3n) is 13.2. The third kappa shape index (κ3) is 51.8. The monoisotopic (exact) mass is 1040 g/mol. The van der Waals surface area contributed by atoms with Crippen LogP contribution in [0, 0.1) is 0 Å². The number of unbranched alkanes of at least 4 members (excludes halogenated alkanes) is 24. The van der Waals surface area contributed by atoms with Gasteiger partial charge in [-0.1, -0.05) is 190 Å². The second-order valence-corrected chi connectivity index (χ2v) is 21.9. The van der Waals surface area contributed by atoms with Gasteiger partial charge in [-0.05, 0) is 116 Å². The first-order chi connectivity index (χ1) is 36.0. The molecule has 426 valence electrons. The molecule has 0 saturated heterocycles. The lowest BCUT2D eigenvalue weighted by molar-refractivity contribution is -0.870. The standard InChI is InChI=1S/C65H114N2O7/c1-7-10-13-16-19-22-25-28-31-34-37-40-43-46-49-54-62(69)72-58-65(66-61(68)53-52-57-67(4,5)6,59-73-63(70)55-50-47-44-41-38-35-32-29-26-23-20-17-14-11-8-2)60-74-64(71)56-51-48-45-42-39-36-33-30-27-24-21-18-15-12-9-3/h19-24,28-33H,7-18,25-27,34-60H2,1-6H3/p+1/b22-19-,23-20-,24-21-,31-28-,32-29-,33-30-. The Kier molecular flexibility index (Phi) is 50.1. The molecule has 1 amide bonds. The Hall–Kier alpha value is -3.72. The summed E-state index contributed by atoms with van der Waals surface area (Å²) in [5, 5.41) is 3.04. The molecule has 9 nitrogen and oxygen atoms in total. The van der Waals surface area contributed by atoms with Gasteiger partial charge in [-0.15, -0.1) is 0 Å². The zero-order valence-electron chi connectivity index (χ0n) is 48.9. The number of allylic oxidation sites excluding steroid dienone is 12. The van der Waals surface area contributed by atoms with Gasteiger partial charge < -0.3 is 24.0 Å². The Labute approximate surface area is 455 Å². The number of carbonyl (C=O) groups excluding carboxylic acids is 4. The molecule has 0 bridgehead atoms. The Morgan fingerprint density at radius 1 is 0.351 bits per heavy atom. The molecule has 9 heteroatoms. The first-order valence-corrected chi connectivity index (χ1v) is 30.4. The molecule has 0 aromatic rings. The molecular formula is C65H115N2O7+. The zero-order valence-corrected chi connectivity index (χ0v) is 48.9. The van der Waals surface area contributed by atoms with Gasteiger partial charge in [0.1, 0.15) is 25.4 Å². The number of esters is 3. The van der Waals surface area contributed by atoms with Gasteiger partial charge in [-0.2, -0.15) is 0 Å². The lowest BCUT2D eigenvalue weighted by atomic mass is 10.0. The van der Waals surface area contributed by atoms with Gasteiger partial charge in [0.15, 0.2) is 0 Å². The fourth-order valence-corrected chi connectivity index (χ4v) is 8.42. The van der Waals surface area contributed by atoms with Crippen LogP contribution >= 0.6 is 0 Å². The number of hydrogen-bond donors (Lipinski definition) is 1. The Morgan fingerprint density at radius 3 is 0.905 bits per heavy atom. The summed E-state index contributed by atoms with van der Waals surface area (Å²) < 4.78 is 18.3. The second-order valence-electron chi connectivity index (χ2n) is 21.9. The predicted octanol–water partition coefficient (Wildman–Crippen LogP) is 17.4. The largest absolute Gasteiger partial charge is 0.463 e. The van der Waals surface area contributed by atoms with Crippen molar-refractivity contribution < 1.29 is 37.9 Å². The van der Waals surface area contributed by atoms with E-state index in [1.165, 1.54) is 77.0 Å². The molecule has 1 N–H and O–H groups in total. The normalized spacial score (nSPS) is 12.5. The van der Waals surface area contributed by atoms with Gasteiger partial charge in [0.2, 0.25) is 5.91 Å². The van der Waals surface area contributed by atoms with Crippen molar-refractivity contribution in [3.05, 3.63) is 72.9 Å². The van der Waals surface area contributed by atoms with E-state index >= 15 is 0 Å². The number of carbonyl (C=O) groups is 4. The minimum atomic E-state index is -1.41. The first kappa shape index (κ1) is 70.3. The van der Waals surface area contributed by atoms with E-state index in [0.29, 0.717) is 30.2 Å². The van der Waals surface area contributed by atoms with Crippen LogP contribution in [-0.4, -0.2) is 81.3 Å². The van der Waals surface area contributed by atoms with Crippen LogP contribution in [0.5, 0.6) is 0 Å². The van der Waals surface area contributed by atoms with Crippen molar-refractivity contribution in [3.8, 4) is 0 Å². The summed E-state index contributed by atoms with van der Waals surface area (Å²) in [4.78, 5) is 53.3. The maximum atomic E-state index is 13.6. The molecule has 74 heavy (non-hydrogen) atoms. The molecular weight excluding hydrogens is 921 g/mol. The summed E-state index contributed by atoms with van der Waals surface area (Å²) in [6, 6.07) is 0. The van der Waals surface area contributed by atoms with Crippen molar-refractivity contribution in [1.82, 2.24) is 5.32 Å². The van der Waals surface area contributed by atoms with Crippen LogP contribution in [0.4, 0.5) is 0 Å². The molecule has 0 radical (unpaired) electrons. The van der Waals surface area contributed by atoms with E-state index in [0.717, 1.165) is 122 Å². The topological polar surface area (TPSA) is 108 Å². The number of quaternary nitrogens is 1. The highest BCUT2D eigenvalue weighted by Gasteiger charge is 2.37. The number of hydrogen-bond acceptors (Lipinski definition) is 7. The summed E-state index contributed by atoms with van der Waals surface area (Å²) >= 11 is 0. The maximum absolute atomic E-state index is 13.6. The minimum absolute atomic E-state index is 0.233. The van der Waals surface area contributed by atoms with Crippen molar-refractivity contribution in [2.45, 2.75) is 270 Å². The smallest absolute Gasteiger partial charge is 0.305 e. The van der Waals surface area contributed by atoms with E-state index in [1.54, 1.807) is 0 Å². The first-order valence-electron chi connectivity index (χ1n) is 30.4. The molecule has 0 atom stereocenters. The lowest BCUT2D eigenvalue weighted by Gasteiger charge is -2.33. The average molecular weight is 1040 g/mol. The van der Waals surface area contributed by atoms with Gasteiger partial charge >= 0.3 is 17.9 Å². The molecule has 0 aromatic heterocycles. The highest BCUT2D eigenvalue weighted by molar-refractivity contribution is 5.77. The molecule has 0 saturated carbocycles. The zero-order chi connectivity index (χ0) is 54.3. The van der Waals surface area contributed by atoms with Crippen LogP contribution in [0.1, 0.15) is 265 Å². The number of amides is 1. The summed E-state index contributed by atoms with van der Waals surface area (Å²) in [5.74, 6) is -1.41. The van der Waals surface area contributed by atoms with Crippen LogP contribution < -0.4 is 5.32 Å². The van der Waals surface area contributed by atoms with Crippen molar-refractivity contribution in [2.75, 3.05) is 47.5 Å². The Bertz CT molecular complexity index is 1370. The van der Waals surface area contributed by atoms with E-state index in [-0.39, 0.29) is 69.3 Å². The van der Waals surface area contributed by atoms with E-state index in [1.807, 2.05) is 0 Å². The molecule has 0 aliphatic rings. The summed E-state index contributed by atoms with van der Waals surface area (Å²) in [6.07, 6.45) is 64.7. The summed E-state index contributed by atoms with van der Waals surface area (Å²) in [5.41, 5.74) is -1.41. The number of nitrogens with one attached hydrogen (secondary N) is 1. The van der Waals surface area contributed by atoms with Crippen molar-refractivity contribution >= 4 is 23.8 Å². The van der Waals surface area contributed by atoms with Crippen LogP contribution in [0.2, 0.25) is 0 Å². The predicted molar refractivity (Wildman–Crippen MR) is 314 cm³/mol. The minimum Gasteiger partial charge on any atom is -0.463 e. The Morgan fingerprint density at radius 2 is 0.622 bits per heavy atom. The van der Waals surface area contributed by atoms with Crippen LogP contribution in [0.25, 0.3) is 0 Å². The van der Waals surface area contributed by atoms with E-state index < -0.39 is 5.54 Å². The molecule has 0 rings (SSSR count). The fourth-order valence-electron chi connectivity index (χ4n) is 8.42. The molecule has 0 spiro atoms. The van der Waals surface area contributed by atoms with Crippen molar-refractivity contribution in [1.29, 1.82) is 0 Å². The van der Waals surface area contributed by atoms with Gasteiger partial charge in [-0.25, -0.2) is 0 Å². The molecule has 0 fully saturated rings. The van der Waals surface area contributed by atoms with E-state index in [9.17, 15) is 19.2 Å². The molecule has 0 aromatic carbocycles. The SMILES string of the molecule is CCCCC/C=C\C/C=C\CCCCCCCC(=O)OCC(COC(=O)CCCCCCC/C=C\C/C=C\CCCCC)(COC(=O)CCCCCCC/C=C\C/C=C\CCCCC)NC(=O)CCC[N+](C)(C)C. The number of ether oxygens (including phenoxy) is 3. The fraction of sp³-hybridized carbons (Fsp3) is 0.754. The van der Waals surface area contributed by atoms with Crippen molar-refractivity contribution in [3.63, 3.8) is 0 Å². The average Bonchev–Trinajstić information content (AvgIpc) is 3.37. The Balaban J connectivity index is 5.38. The summed E-state index contributed by atoms with van der Waals surface area (Å²) in [6.45, 7) is 6.70. The van der Waals surface area contributed by atoms with Gasteiger partial charge in [0.25, 0.3) is 0 Å². The van der Waals surface area contributed by atoms with E-state index in [4.69, 9.17) is 14.2 Å². The molecule has 0 aliphatic heterocycles. The number of nitrogens with zero attached hydrogens (tertiary/aromatic N) is 1. The van der Waals surface area contributed by atoms with Gasteiger partial charge in [0, 0.05) is 32.1 Å². The molecule has 0 heterocycles. The van der Waals surface area contributed by atoms with Crippen molar-refractivity contribution in [2.24, 2.45) is 0 Å². The van der Waals surface area contributed by atoms with Gasteiger partial charge in [-0.3, -0.25) is 19.2 Å². The second kappa shape index (κ2) is 52.7. The van der Waals surface area contributed by atoms with Gasteiger partial charge in [0.05, 0.1) is 27.7 Å². The maximum Gasteiger partial charge on any atom is 0.305 e. The highest BCUT2D eigenvalue weighted by Crippen LogP contribution is 2.17. The summed E-state index contributed by atoms with van der Waals surface area (Å²) in [7, 11) is 6.24. The van der Waals surface area contributed by atoms with E-state index in [2.05, 4.69) is 120 Å². The quantitative estimate of drug-likeness (QED) is 0.0213. The van der Waals surface area contributed by atoms with Crippen LogP contribution in [0.15, 0.2) is 72.9 Å². The molecule has 0 unspecified atom stereocenters. The highest BCUT2D eigenvalue weighted by atomic mass is 16.6. The number of rotatable bonds is 53. The molecule has 0 aliphatic carbocycles. The van der Waals surface area contributed by atoms with Crippen LogP contribution in [0.3, 0.4) is 0 Å². The van der Waals surface area contributed by atoms with Crippen LogP contribution in [-0.2, 0) is 33.4 Å². The third-order valence-corrected chi connectivity index (χ3v) is 13.2.